The maximum atomic E-state index is 12.3. The van der Waals surface area contributed by atoms with E-state index in [1.165, 1.54) is 0 Å². The predicted molar refractivity (Wildman–Crippen MR) is 81.1 cm³/mol. The van der Waals surface area contributed by atoms with Crippen molar-refractivity contribution in [2.75, 3.05) is 33.7 Å². The highest BCUT2D eigenvalue weighted by Crippen LogP contribution is 2.23. The highest BCUT2D eigenvalue weighted by Gasteiger charge is 2.14. The quantitative estimate of drug-likeness (QED) is 0.546. The fourth-order valence-electron chi connectivity index (χ4n) is 1.87. The number of alkyl halides is 1. The number of carbonyl (C=O) groups is 1. The molecule has 0 aliphatic carbocycles. The second kappa shape index (κ2) is 8.69. The molecule has 0 aliphatic heterocycles. The number of nitrogens with zero attached hydrogens (tertiary/aromatic N) is 1. The van der Waals surface area contributed by atoms with Gasteiger partial charge in [0.2, 0.25) is 0 Å². The Morgan fingerprint density at radius 1 is 1.10 bits per heavy atom. The molecule has 5 heteroatoms. The lowest BCUT2D eigenvalue weighted by molar-refractivity contribution is 0.0792. The number of unbranched alkanes of at least 4 members (excludes halogenated alkanes) is 2. The minimum absolute atomic E-state index is 0.0342. The van der Waals surface area contributed by atoms with Gasteiger partial charge in [-0.3, -0.25) is 4.79 Å². The normalized spacial score (nSPS) is 10.2. The van der Waals surface area contributed by atoms with Gasteiger partial charge in [-0.15, -0.1) is 11.6 Å². The number of hydrogen-bond donors (Lipinski definition) is 0. The monoisotopic (exact) mass is 299 g/mol. The van der Waals surface area contributed by atoms with E-state index in [9.17, 15) is 4.79 Å². The number of halogens is 1. The molecule has 1 amide bonds. The van der Waals surface area contributed by atoms with Crippen LogP contribution in [-0.4, -0.2) is 44.5 Å². The van der Waals surface area contributed by atoms with Crippen molar-refractivity contribution in [1.29, 1.82) is 0 Å². The first-order chi connectivity index (χ1) is 9.62. The summed E-state index contributed by atoms with van der Waals surface area (Å²) in [5.74, 6) is 1.87. The van der Waals surface area contributed by atoms with Gasteiger partial charge in [-0.25, -0.2) is 0 Å². The molecule has 0 bridgehead atoms. The van der Waals surface area contributed by atoms with E-state index in [-0.39, 0.29) is 5.91 Å². The summed E-state index contributed by atoms with van der Waals surface area (Å²) in [6.45, 7) is 0.718. The van der Waals surface area contributed by atoms with Crippen LogP contribution in [0, 0.1) is 0 Å². The predicted octanol–water partition coefficient (Wildman–Crippen LogP) is 3.18. The summed E-state index contributed by atoms with van der Waals surface area (Å²) < 4.78 is 10.3. The van der Waals surface area contributed by atoms with Crippen LogP contribution in [0.3, 0.4) is 0 Å². The van der Waals surface area contributed by atoms with E-state index in [1.807, 2.05) is 0 Å². The number of ether oxygens (including phenoxy) is 2. The van der Waals surface area contributed by atoms with Gasteiger partial charge in [-0.05, 0) is 25.0 Å². The molecule has 0 aliphatic rings. The number of amides is 1. The smallest absolute Gasteiger partial charge is 0.253 e. The van der Waals surface area contributed by atoms with Gasteiger partial charge in [0, 0.05) is 31.1 Å². The van der Waals surface area contributed by atoms with Gasteiger partial charge in [-0.2, -0.15) is 0 Å². The summed E-state index contributed by atoms with van der Waals surface area (Å²) in [7, 11) is 4.94. The van der Waals surface area contributed by atoms with Crippen LogP contribution in [0.15, 0.2) is 18.2 Å². The van der Waals surface area contributed by atoms with Gasteiger partial charge >= 0.3 is 0 Å². The van der Waals surface area contributed by atoms with Gasteiger partial charge in [0.25, 0.3) is 5.91 Å². The van der Waals surface area contributed by atoms with Crippen LogP contribution in [0.1, 0.15) is 29.6 Å². The van der Waals surface area contributed by atoms with Crippen molar-refractivity contribution in [1.82, 2.24) is 4.90 Å². The van der Waals surface area contributed by atoms with Crippen LogP contribution >= 0.6 is 11.6 Å². The Bertz CT molecular complexity index is 415. The number of rotatable bonds is 8. The third-order valence-electron chi connectivity index (χ3n) is 3.07. The molecule has 1 aromatic rings. The standard InChI is InChI=1S/C15H22ClNO3/c1-17(8-6-4-5-7-16)15(18)12-9-13(19-2)11-14(10-12)20-3/h9-11H,4-8H2,1-3H3. The molecule has 0 spiro atoms. The summed E-state index contributed by atoms with van der Waals surface area (Å²) in [6, 6.07) is 5.19. The third kappa shape index (κ3) is 4.93. The zero-order chi connectivity index (χ0) is 15.0. The molecule has 20 heavy (non-hydrogen) atoms. The molecule has 0 saturated carbocycles. The average Bonchev–Trinajstić information content (AvgIpc) is 2.49. The Morgan fingerprint density at radius 3 is 2.20 bits per heavy atom. The number of methoxy groups -OCH3 is 2. The minimum atomic E-state index is -0.0342. The summed E-state index contributed by atoms with van der Waals surface area (Å²) in [5, 5.41) is 0. The number of carbonyl (C=O) groups excluding carboxylic acids is 1. The van der Waals surface area contributed by atoms with Gasteiger partial charge in [-0.1, -0.05) is 6.42 Å². The largest absolute Gasteiger partial charge is 0.497 e. The summed E-state index contributed by atoms with van der Waals surface area (Å²) in [6.07, 6.45) is 2.97. The molecular weight excluding hydrogens is 278 g/mol. The lowest BCUT2D eigenvalue weighted by Crippen LogP contribution is -2.27. The fraction of sp³-hybridized carbons (Fsp3) is 0.533. The van der Waals surface area contributed by atoms with E-state index < -0.39 is 0 Å². The van der Waals surface area contributed by atoms with Crippen molar-refractivity contribution in [3.63, 3.8) is 0 Å². The van der Waals surface area contributed by atoms with Crippen molar-refractivity contribution >= 4 is 17.5 Å². The zero-order valence-electron chi connectivity index (χ0n) is 12.3. The van der Waals surface area contributed by atoms with Crippen molar-refractivity contribution in [2.24, 2.45) is 0 Å². The molecule has 0 saturated heterocycles. The number of benzene rings is 1. The van der Waals surface area contributed by atoms with Crippen LogP contribution in [-0.2, 0) is 0 Å². The van der Waals surface area contributed by atoms with E-state index in [1.54, 1.807) is 44.4 Å². The van der Waals surface area contributed by atoms with Crippen LogP contribution in [0.25, 0.3) is 0 Å². The molecule has 4 nitrogen and oxygen atoms in total. The van der Waals surface area contributed by atoms with E-state index in [0.717, 1.165) is 25.8 Å². The summed E-state index contributed by atoms with van der Waals surface area (Å²) in [5.41, 5.74) is 0.570. The van der Waals surface area contributed by atoms with Gasteiger partial charge in [0.05, 0.1) is 14.2 Å². The van der Waals surface area contributed by atoms with Gasteiger partial charge < -0.3 is 14.4 Å². The molecule has 0 atom stereocenters. The van der Waals surface area contributed by atoms with Crippen LogP contribution in [0.5, 0.6) is 11.5 Å². The van der Waals surface area contributed by atoms with Crippen molar-refractivity contribution < 1.29 is 14.3 Å². The number of hydrogen-bond acceptors (Lipinski definition) is 3. The van der Waals surface area contributed by atoms with Crippen molar-refractivity contribution in [2.45, 2.75) is 19.3 Å². The van der Waals surface area contributed by atoms with Gasteiger partial charge in [0.1, 0.15) is 11.5 Å². The molecule has 0 radical (unpaired) electrons. The van der Waals surface area contributed by atoms with Crippen molar-refractivity contribution in [3.05, 3.63) is 23.8 Å². The molecule has 0 aromatic heterocycles. The molecule has 0 unspecified atom stereocenters. The maximum absolute atomic E-state index is 12.3. The second-order valence-corrected chi connectivity index (χ2v) is 4.96. The maximum Gasteiger partial charge on any atom is 0.253 e. The first-order valence-corrected chi connectivity index (χ1v) is 7.20. The molecule has 0 heterocycles. The molecule has 0 fully saturated rings. The van der Waals surface area contributed by atoms with Gasteiger partial charge in [0.15, 0.2) is 0 Å². The SMILES string of the molecule is COc1cc(OC)cc(C(=O)N(C)CCCCCCl)c1. The second-order valence-electron chi connectivity index (χ2n) is 4.58. The fourth-order valence-corrected chi connectivity index (χ4v) is 2.06. The molecule has 1 aromatic carbocycles. The van der Waals surface area contributed by atoms with Crippen LogP contribution in [0.4, 0.5) is 0 Å². The first kappa shape index (κ1) is 16.6. The van der Waals surface area contributed by atoms with Crippen LogP contribution in [0.2, 0.25) is 0 Å². The van der Waals surface area contributed by atoms with E-state index in [2.05, 4.69) is 0 Å². The highest BCUT2D eigenvalue weighted by atomic mass is 35.5. The summed E-state index contributed by atoms with van der Waals surface area (Å²) in [4.78, 5) is 14.0. The highest BCUT2D eigenvalue weighted by molar-refractivity contribution is 6.17. The Morgan fingerprint density at radius 2 is 1.70 bits per heavy atom. The van der Waals surface area contributed by atoms with Crippen LogP contribution < -0.4 is 9.47 Å². The first-order valence-electron chi connectivity index (χ1n) is 6.67. The Balaban J connectivity index is 2.70. The Labute approximate surface area is 125 Å². The molecule has 1 rings (SSSR count). The van der Waals surface area contributed by atoms with Crippen molar-refractivity contribution in [3.8, 4) is 11.5 Å². The lowest BCUT2D eigenvalue weighted by atomic mass is 10.1. The average molecular weight is 300 g/mol. The Kier molecular flexibility index (Phi) is 7.23. The minimum Gasteiger partial charge on any atom is -0.497 e. The molecule has 112 valence electrons. The van der Waals surface area contributed by atoms with E-state index >= 15 is 0 Å². The zero-order valence-corrected chi connectivity index (χ0v) is 13.1. The molecule has 0 N–H and O–H groups in total. The topological polar surface area (TPSA) is 38.8 Å². The third-order valence-corrected chi connectivity index (χ3v) is 3.34. The lowest BCUT2D eigenvalue weighted by Gasteiger charge is -2.18. The summed E-state index contributed by atoms with van der Waals surface area (Å²) >= 11 is 5.63. The molecular formula is C15H22ClNO3. The Hall–Kier alpha value is -1.42. The van der Waals surface area contributed by atoms with E-state index in [0.29, 0.717) is 22.9 Å². The van der Waals surface area contributed by atoms with E-state index in [4.69, 9.17) is 21.1 Å².